The topological polar surface area (TPSA) is 93.7 Å². The Bertz CT molecular complexity index is 2230. The van der Waals surface area contributed by atoms with E-state index in [4.69, 9.17) is 19.7 Å². The van der Waals surface area contributed by atoms with E-state index in [0.29, 0.717) is 32.8 Å². The lowest BCUT2D eigenvalue weighted by atomic mass is 9.93. The molecule has 48 heavy (non-hydrogen) atoms. The summed E-state index contributed by atoms with van der Waals surface area (Å²) in [5.74, 6) is 0.244. The van der Waals surface area contributed by atoms with E-state index in [-0.39, 0.29) is 12.2 Å². The maximum Gasteiger partial charge on any atom is 0.338 e. The molecule has 5 aromatic rings. The molecular formula is C37H27I2N3O4S2. The summed E-state index contributed by atoms with van der Waals surface area (Å²) in [5.41, 5.74) is 4.54. The molecule has 0 bridgehead atoms. The Morgan fingerprint density at radius 3 is 2.35 bits per heavy atom. The summed E-state index contributed by atoms with van der Waals surface area (Å²) in [4.78, 5) is 34.5. The number of halogens is 2. The van der Waals surface area contributed by atoms with Crippen LogP contribution in [-0.4, -0.2) is 23.4 Å². The third kappa shape index (κ3) is 7.17. The molecule has 4 aromatic carbocycles. The first kappa shape index (κ1) is 34.2. The van der Waals surface area contributed by atoms with Crippen molar-refractivity contribution in [2.75, 3.05) is 12.9 Å². The summed E-state index contributed by atoms with van der Waals surface area (Å²) in [6.45, 7) is 2.32. The first-order valence-corrected chi connectivity index (χ1v) is 19.0. The van der Waals surface area contributed by atoms with Gasteiger partial charge in [-0.05, 0) is 118 Å². The van der Waals surface area contributed by atoms with E-state index in [1.807, 2.05) is 91.2 Å². The van der Waals surface area contributed by atoms with Gasteiger partial charge in [-0.3, -0.25) is 9.36 Å². The highest BCUT2D eigenvalue weighted by molar-refractivity contribution is 14.1. The monoisotopic (exact) mass is 895 g/mol. The van der Waals surface area contributed by atoms with E-state index < -0.39 is 12.0 Å². The van der Waals surface area contributed by atoms with Gasteiger partial charge in [0.25, 0.3) is 5.56 Å². The first-order valence-electron chi connectivity index (χ1n) is 14.8. The fourth-order valence-electron chi connectivity index (χ4n) is 5.33. The predicted octanol–water partition coefficient (Wildman–Crippen LogP) is 7.32. The summed E-state index contributed by atoms with van der Waals surface area (Å²) in [6, 6.07) is 30.1. The summed E-state index contributed by atoms with van der Waals surface area (Å²) >= 11 is 7.41. The third-order valence-electron chi connectivity index (χ3n) is 7.59. The number of nitrogens with zero attached hydrogens (tertiary/aromatic N) is 3. The SMILES string of the molecule is CCOC(=O)C1=C(c2ccccc2)N=c2s/c(=C\c3cc(I)c(OCc4ccc(C#N)cc4)c(I)c3)c(=O)n2[C@H]1c1ccc(SC)cc1. The van der Waals surface area contributed by atoms with E-state index in [2.05, 4.69) is 51.3 Å². The van der Waals surface area contributed by atoms with Crippen LogP contribution >= 0.6 is 68.3 Å². The fourth-order valence-corrected chi connectivity index (χ4v) is 8.86. The molecule has 1 aromatic heterocycles. The van der Waals surface area contributed by atoms with Crippen LogP contribution in [0.1, 0.15) is 40.8 Å². The molecule has 0 radical (unpaired) electrons. The van der Waals surface area contributed by atoms with Crippen LogP contribution in [0, 0.1) is 18.5 Å². The van der Waals surface area contributed by atoms with Gasteiger partial charge in [-0.25, -0.2) is 9.79 Å². The van der Waals surface area contributed by atoms with E-state index >= 15 is 0 Å². The number of fused-ring (bicyclic) bond motifs is 1. The number of carbonyl (C=O) groups excluding carboxylic acids is 1. The van der Waals surface area contributed by atoms with Gasteiger partial charge in [-0.2, -0.15) is 5.26 Å². The van der Waals surface area contributed by atoms with Gasteiger partial charge in [0.2, 0.25) is 0 Å². The van der Waals surface area contributed by atoms with Crippen LogP contribution in [0.15, 0.2) is 111 Å². The summed E-state index contributed by atoms with van der Waals surface area (Å²) in [6.07, 6.45) is 3.87. The minimum absolute atomic E-state index is 0.192. The second kappa shape index (κ2) is 15.2. The number of esters is 1. The summed E-state index contributed by atoms with van der Waals surface area (Å²) < 4.78 is 15.7. The van der Waals surface area contributed by atoms with Crippen molar-refractivity contribution in [2.45, 2.75) is 24.5 Å². The molecule has 0 saturated heterocycles. The molecule has 2 heterocycles. The van der Waals surface area contributed by atoms with Crippen molar-refractivity contribution in [3.05, 3.63) is 151 Å². The largest absolute Gasteiger partial charge is 0.487 e. The Balaban J connectivity index is 1.45. The van der Waals surface area contributed by atoms with Gasteiger partial charge in [0.15, 0.2) is 4.80 Å². The molecule has 0 fully saturated rings. The number of hydrogen-bond donors (Lipinski definition) is 0. The van der Waals surface area contributed by atoms with E-state index in [1.165, 1.54) is 11.3 Å². The van der Waals surface area contributed by atoms with Crippen molar-refractivity contribution < 1.29 is 14.3 Å². The summed E-state index contributed by atoms with van der Waals surface area (Å²) in [5, 5.41) is 9.07. The van der Waals surface area contributed by atoms with Crippen molar-refractivity contribution >= 4 is 86.0 Å². The minimum atomic E-state index is -0.730. The van der Waals surface area contributed by atoms with Gasteiger partial charge >= 0.3 is 5.97 Å². The van der Waals surface area contributed by atoms with Crippen molar-refractivity contribution in [2.24, 2.45) is 4.99 Å². The van der Waals surface area contributed by atoms with Crippen molar-refractivity contribution in [1.29, 1.82) is 5.26 Å². The number of thioether (sulfide) groups is 1. The molecule has 0 unspecified atom stereocenters. The Morgan fingerprint density at radius 1 is 1.04 bits per heavy atom. The van der Waals surface area contributed by atoms with Crippen LogP contribution in [0.4, 0.5) is 0 Å². The number of hydrogen-bond acceptors (Lipinski definition) is 8. The Kier molecular flexibility index (Phi) is 10.8. The maximum atomic E-state index is 14.3. The third-order valence-corrected chi connectivity index (χ3v) is 10.9. The molecule has 1 aliphatic heterocycles. The standard InChI is InChI=1S/C37H27I2N3O4S2/c1-3-45-36(44)31-32(25-7-5-4-6-8-25)41-37-42(33(31)26-13-15-27(47-2)16-14-26)35(43)30(48-37)19-24-17-28(38)34(29(39)18-24)46-21-23-11-9-22(20-40)10-12-23/h4-19,33H,3,21H2,1-2H3/b30-19-/t33-/m0/s1. The molecule has 1 aliphatic rings. The molecule has 0 saturated carbocycles. The molecular weight excluding hydrogens is 868 g/mol. The van der Waals surface area contributed by atoms with E-state index in [1.54, 1.807) is 35.4 Å². The lowest BCUT2D eigenvalue weighted by Crippen LogP contribution is -2.40. The minimum Gasteiger partial charge on any atom is -0.487 e. The maximum absolute atomic E-state index is 14.3. The highest BCUT2D eigenvalue weighted by Gasteiger charge is 2.35. The van der Waals surface area contributed by atoms with Gasteiger partial charge in [0, 0.05) is 10.5 Å². The average Bonchev–Trinajstić information content (AvgIpc) is 3.41. The van der Waals surface area contributed by atoms with Crippen LogP contribution in [-0.2, 0) is 16.1 Å². The van der Waals surface area contributed by atoms with Gasteiger partial charge in [0.1, 0.15) is 12.4 Å². The quantitative estimate of drug-likeness (QED) is 0.0876. The van der Waals surface area contributed by atoms with Crippen molar-refractivity contribution in [3.8, 4) is 11.8 Å². The number of aromatic nitrogens is 1. The first-order chi connectivity index (χ1) is 23.3. The predicted molar refractivity (Wildman–Crippen MR) is 207 cm³/mol. The number of thiazole rings is 1. The molecule has 0 spiro atoms. The molecule has 0 N–H and O–H groups in total. The lowest BCUT2D eigenvalue weighted by Gasteiger charge is -2.26. The Morgan fingerprint density at radius 2 is 1.73 bits per heavy atom. The van der Waals surface area contributed by atoms with Crippen LogP contribution in [0.3, 0.4) is 0 Å². The zero-order chi connectivity index (χ0) is 33.8. The zero-order valence-corrected chi connectivity index (χ0v) is 31.7. The van der Waals surface area contributed by atoms with Gasteiger partial charge in [-0.1, -0.05) is 65.9 Å². The van der Waals surface area contributed by atoms with E-state index in [0.717, 1.165) is 40.0 Å². The number of benzene rings is 4. The number of nitriles is 1. The Labute approximate surface area is 312 Å². The van der Waals surface area contributed by atoms with E-state index in [9.17, 15) is 9.59 Å². The number of rotatable bonds is 9. The smallest absolute Gasteiger partial charge is 0.338 e. The van der Waals surface area contributed by atoms with Crippen LogP contribution in [0.25, 0.3) is 11.8 Å². The average molecular weight is 896 g/mol. The Hall–Kier alpha value is -3.71. The highest BCUT2D eigenvalue weighted by atomic mass is 127. The van der Waals surface area contributed by atoms with Crippen LogP contribution < -0.4 is 19.6 Å². The zero-order valence-electron chi connectivity index (χ0n) is 25.8. The number of ether oxygens (including phenoxy) is 2. The summed E-state index contributed by atoms with van der Waals surface area (Å²) in [7, 11) is 0. The molecule has 7 nitrogen and oxygen atoms in total. The second-order valence-corrected chi connectivity index (χ2v) is 14.8. The van der Waals surface area contributed by atoms with Gasteiger partial charge in [-0.15, -0.1) is 11.8 Å². The molecule has 240 valence electrons. The van der Waals surface area contributed by atoms with Gasteiger partial charge < -0.3 is 9.47 Å². The molecule has 11 heteroatoms. The van der Waals surface area contributed by atoms with Gasteiger partial charge in [0.05, 0.1) is 47.2 Å². The van der Waals surface area contributed by atoms with Crippen molar-refractivity contribution in [1.82, 2.24) is 4.57 Å². The fraction of sp³-hybridized carbons (Fsp3) is 0.135. The highest BCUT2D eigenvalue weighted by Crippen LogP contribution is 2.36. The molecule has 0 aliphatic carbocycles. The molecule has 0 amide bonds. The van der Waals surface area contributed by atoms with Crippen LogP contribution in [0.5, 0.6) is 5.75 Å². The lowest BCUT2D eigenvalue weighted by molar-refractivity contribution is -0.138. The molecule has 6 rings (SSSR count). The number of carbonyl (C=O) groups is 1. The molecule has 1 atom stereocenters. The normalized spacial score (nSPS) is 14.2. The van der Waals surface area contributed by atoms with Crippen LogP contribution in [0.2, 0.25) is 0 Å². The second-order valence-electron chi connectivity index (χ2n) is 10.6. The van der Waals surface area contributed by atoms with Crippen molar-refractivity contribution in [3.63, 3.8) is 0 Å².